The molecule has 1 rings (SSSR count). The highest BCUT2D eigenvalue weighted by Gasteiger charge is 2.28. The van der Waals surface area contributed by atoms with Gasteiger partial charge in [0, 0.05) is 6.20 Å². The molecular formula is C7H5F3N2. The van der Waals surface area contributed by atoms with Gasteiger partial charge in [0.2, 0.25) is 0 Å². The van der Waals surface area contributed by atoms with E-state index >= 15 is 0 Å². The summed E-state index contributed by atoms with van der Waals surface area (Å²) in [6, 6.07) is 4.41. The van der Waals surface area contributed by atoms with Gasteiger partial charge in [-0.2, -0.15) is 18.4 Å². The standard InChI is InChI=1S/C7H5F3N2/c8-7(9,10)5-12-3-1-2-6(12)4-11/h1-3H,5H2. The Morgan fingerprint density at radius 2 is 2.17 bits per heavy atom. The van der Waals surface area contributed by atoms with E-state index in [1.165, 1.54) is 18.3 Å². The van der Waals surface area contributed by atoms with Gasteiger partial charge in [-0.1, -0.05) is 0 Å². The Morgan fingerprint density at radius 1 is 1.50 bits per heavy atom. The second-order valence-electron chi connectivity index (χ2n) is 2.25. The van der Waals surface area contributed by atoms with Gasteiger partial charge in [-0.05, 0) is 12.1 Å². The molecule has 12 heavy (non-hydrogen) atoms. The van der Waals surface area contributed by atoms with Crippen LogP contribution in [0.1, 0.15) is 5.69 Å². The fourth-order valence-electron chi connectivity index (χ4n) is 0.847. The summed E-state index contributed by atoms with van der Waals surface area (Å²) in [5.41, 5.74) is 0.0207. The van der Waals surface area contributed by atoms with Crippen molar-refractivity contribution < 1.29 is 13.2 Å². The van der Waals surface area contributed by atoms with E-state index < -0.39 is 12.7 Å². The van der Waals surface area contributed by atoms with Gasteiger partial charge in [-0.25, -0.2) is 0 Å². The number of aromatic nitrogens is 1. The molecule has 0 saturated carbocycles. The molecule has 0 bridgehead atoms. The van der Waals surface area contributed by atoms with Crippen molar-refractivity contribution in [3.05, 3.63) is 24.0 Å². The summed E-state index contributed by atoms with van der Waals surface area (Å²) in [4.78, 5) is 0. The molecule has 0 saturated heterocycles. The SMILES string of the molecule is N#Cc1cccn1CC(F)(F)F. The first-order chi connectivity index (χ1) is 5.53. The summed E-state index contributed by atoms with van der Waals surface area (Å²) >= 11 is 0. The normalized spacial score (nSPS) is 11.2. The van der Waals surface area contributed by atoms with Gasteiger partial charge >= 0.3 is 6.18 Å². The van der Waals surface area contributed by atoms with Crippen molar-refractivity contribution in [2.75, 3.05) is 0 Å². The molecule has 1 aromatic heterocycles. The molecule has 0 amide bonds. The van der Waals surface area contributed by atoms with Gasteiger partial charge in [0.05, 0.1) is 0 Å². The fourth-order valence-corrected chi connectivity index (χ4v) is 0.847. The lowest BCUT2D eigenvalue weighted by Crippen LogP contribution is -2.17. The average Bonchev–Trinajstić information content (AvgIpc) is 2.31. The Bertz CT molecular complexity index is 305. The van der Waals surface area contributed by atoms with E-state index in [4.69, 9.17) is 5.26 Å². The van der Waals surface area contributed by atoms with Gasteiger partial charge in [0.15, 0.2) is 0 Å². The van der Waals surface area contributed by atoms with E-state index in [0.29, 0.717) is 0 Å². The Labute approximate surface area is 66.8 Å². The summed E-state index contributed by atoms with van der Waals surface area (Å²) < 4.78 is 36.3. The zero-order valence-electron chi connectivity index (χ0n) is 5.97. The van der Waals surface area contributed by atoms with Crippen LogP contribution in [-0.2, 0) is 6.54 Å². The van der Waals surface area contributed by atoms with Crippen molar-refractivity contribution >= 4 is 0 Å². The first-order valence-electron chi connectivity index (χ1n) is 3.15. The molecule has 0 spiro atoms. The first-order valence-corrected chi connectivity index (χ1v) is 3.15. The third-order valence-corrected chi connectivity index (χ3v) is 1.29. The molecule has 0 aliphatic carbocycles. The molecule has 0 atom stereocenters. The van der Waals surface area contributed by atoms with Gasteiger partial charge in [0.25, 0.3) is 0 Å². The number of hydrogen-bond donors (Lipinski definition) is 0. The second-order valence-corrected chi connectivity index (χ2v) is 2.25. The second kappa shape index (κ2) is 2.89. The number of alkyl halides is 3. The molecule has 0 aromatic carbocycles. The van der Waals surface area contributed by atoms with Crippen molar-refractivity contribution in [3.8, 4) is 6.07 Å². The molecule has 0 aliphatic heterocycles. The van der Waals surface area contributed by atoms with Crippen LogP contribution in [0.3, 0.4) is 0 Å². The van der Waals surface area contributed by atoms with Crippen molar-refractivity contribution in [2.24, 2.45) is 0 Å². The van der Waals surface area contributed by atoms with Crippen LogP contribution < -0.4 is 0 Å². The molecule has 0 N–H and O–H groups in total. The molecule has 2 nitrogen and oxygen atoms in total. The minimum absolute atomic E-state index is 0.0207. The predicted molar refractivity (Wildman–Crippen MR) is 35.2 cm³/mol. The third kappa shape index (κ3) is 2.02. The van der Waals surface area contributed by atoms with Crippen LogP contribution in [-0.4, -0.2) is 10.7 Å². The molecule has 0 aliphatic rings. The lowest BCUT2D eigenvalue weighted by atomic mass is 10.4. The summed E-state index contributed by atoms with van der Waals surface area (Å²) in [5, 5.41) is 8.37. The van der Waals surface area contributed by atoms with Crippen molar-refractivity contribution in [1.82, 2.24) is 4.57 Å². The van der Waals surface area contributed by atoms with Crippen LogP contribution >= 0.6 is 0 Å². The van der Waals surface area contributed by atoms with Gasteiger partial charge < -0.3 is 4.57 Å². The van der Waals surface area contributed by atoms with Gasteiger partial charge in [-0.15, -0.1) is 0 Å². The van der Waals surface area contributed by atoms with Crippen molar-refractivity contribution in [1.29, 1.82) is 5.26 Å². The zero-order chi connectivity index (χ0) is 9.19. The number of nitriles is 1. The van der Waals surface area contributed by atoms with Crippen LogP contribution in [0, 0.1) is 11.3 Å². The number of nitrogens with zero attached hydrogens (tertiary/aromatic N) is 2. The number of hydrogen-bond acceptors (Lipinski definition) is 1. The predicted octanol–water partition coefficient (Wildman–Crippen LogP) is 1.92. The maximum absolute atomic E-state index is 11.8. The summed E-state index contributed by atoms with van der Waals surface area (Å²) in [6.45, 7) is -1.11. The summed E-state index contributed by atoms with van der Waals surface area (Å²) in [5.74, 6) is 0. The van der Waals surface area contributed by atoms with Crippen LogP contribution in [0.4, 0.5) is 13.2 Å². The largest absolute Gasteiger partial charge is 0.406 e. The molecule has 1 aromatic rings. The average molecular weight is 174 g/mol. The Hall–Kier alpha value is -1.44. The van der Waals surface area contributed by atoms with Gasteiger partial charge in [0.1, 0.15) is 18.3 Å². The molecule has 5 heteroatoms. The highest BCUT2D eigenvalue weighted by Crippen LogP contribution is 2.18. The van der Waals surface area contributed by atoms with E-state index in [2.05, 4.69) is 0 Å². The summed E-state index contributed by atoms with van der Waals surface area (Å²) in [6.07, 6.45) is -3.04. The molecular weight excluding hydrogens is 169 g/mol. The molecule has 64 valence electrons. The van der Waals surface area contributed by atoms with Crippen LogP contribution in [0.25, 0.3) is 0 Å². The first kappa shape index (κ1) is 8.65. The molecule has 0 fully saturated rings. The quantitative estimate of drug-likeness (QED) is 0.639. The Morgan fingerprint density at radius 3 is 2.67 bits per heavy atom. The van der Waals surface area contributed by atoms with E-state index in [9.17, 15) is 13.2 Å². The lowest BCUT2D eigenvalue weighted by molar-refractivity contribution is -0.140. The topological polar surface area (TPSA) is 28.7 Å². The number of halogens is 3. The monoisotopic (exact) mass is 174 g/mol. The Kier molecular flexibility index (Phi) is 2.09. The van der Waals surface area contributed by atoms with E-state index in [0.717, 1.165) is 4.57 Å². The van der Waals surface area contributed by atoms with Crippen LogP contribution in [0.2, 0.25) is 0 Å². The van der Waals surface area contributed by atoms with Crippen LogP contribution in [0.15, 0.2) is 18.3 Å². The molecule has 0 radical (unpaired) electrons. The minimum atomic E-state index is -4.27. The third-order valence-electron chi connectivity index (χ3n) is 1.29. The van der Waals surface area contributed by atoms with Gasteiger partial charge in [-0.3, -0.25) is 0 Å². The van der Waals surface area contributed by atoms with E-state index in [1.807, 2.05) is 0 Å². The van der Waals surface area contributed by atoms with E-state index in [-0.39, 0.29) is 5.69 Å². The zero-order valence-corrected chi connectivity index (χ0v) is 5.97. The van der Waals surface area contributed by atoms with Crippen LogP contribution in [0.5, 0.6) is 0 Å². The summed E-state index contributed by atoms with van der Waals surface area (Å²) in [7, 11) is 0. The fraction of sp³-hybridized carbons (Fsp3) is 0.286. The van der Waals surface area contributed by atoms with E-state index in [1.54, 1.807) is 6.07 Å². The lowest BCUT2D eigenvalue weighted by Gasteiger charge is -2.07. The number of rotatable bonds is 1. The maximum atomic E-state index is 11.8. The Balaban J connectivity index is 2.84. The molecule has 1 heterocycles. The van der Waals surface area contributed by atoms with Crippen molar-refractivity contribution in [2.45, 2.75) is 12.7 Å². The highest BCUT2D eigenvalue weighted by molar-refractivity contribution is 5.21. The van der Waals surface area contributed by atoms with Crippen molar-refractivity contribution in [3.63, 3.8) is 0 Å². The maximum Gasteiger partial charge on any atom is 0.406 e. The minimum Gasteiger partial charge on any atom is -0.330 e. The molecule has 0 unspecified atom stereocenters. The highest BCUT2D eigenvalue weighted by atomic mass is 19.4. The smallest absolute Gasteiger partial charge is 0.330 e.